The van der Waals surface area contributed by atoms with Crippen molar-refractivity contribution in [3.63, 3.8) is 0 Å². The Morgan fingerprint density at radius 3 is 0.767 bits per heavy atom. The summed E-state index contributed by atoms with van der Waals surface area (Å²) in [6.45, 7) is 0. The largest absolute Gasteiger partial charge is 0.126 e. The van der Waals surface area contributed by atoms with Crippen LogP contribution in [0.5, 0.6) is 0 Å². The van der Waals surface area contributed by atoms with E-state index >= 15 is 0 Å². The van der Waals surface area contributed by atoms with Gasteiger partial charge in [-0.2, -0.15) is 0 Å². The average molecular weight is 545 g/mol. The predicted octanol–water partition coefficient (Wildman–Crippen LogP) is 9.38. The molecule has 0 spiro atoms. The summed E-state index contributed by atoms with van der Waals surface area (Å²) in [7, 11) is 0. The van der Waals surface area contributed by atoms with Crippen molar-refractivity contribution in [2.24, 2.45) is 0 Å². The zero-order chi connectivity index (χ0) is 28.2. The number of hydrogen-bond donors (Lipinski definition) is 0. The molecule has 6 aliphatic carbocycles. The van der Waals surface area contributed by atoms with E-state index in [0.717, 1.165) is 0 Å². The van der Waals surface area contributed by atoms with Gasteiger partial charge in [0.15, 0.2) is 0 Å². The Morgan fingerprint density at radius 1 is 0.326 bits per heavy atom. The van der Waals surface area contributed by atoms with Crippen LogP contribution in [0.1, 0.15) is 78.6 Å². The third-order valence-corrected chi connectivity index (χ3v) is 10.8. The van der Waals surface area contributed by atoms with Gasteiger partial charge >= 0.3 is 0 Å². The lowest BCUT2D eigenvalue weighted by Gasteiger charge is -2.49. The molecule has 6 aromatic rings. The van der Waals surface area contributed by atoms with Crippen LogP contribution >= 0.6 is 0 Å². The van der Waals surface area contributed by atoms with Crippen LogP contribution in [0.25, 0.3) is 0 Å². The SMILES string of the molecule is C(=CC12c3ccccc3C(c3ccccc31)c1ccccc12)=CC12c3ccccc3C(c3ccccc31)c1ccccc12. The topological polar surface area (TPSA) is 0 Å². The smallest absolute Gasteiger partial charge is 0.0714 e. The number of allylic oxidation sites excluding steroid dienone is 1. The first-order valence-electron chi connectivity index (χ1n) is 15.4. The van der Waals surface area contributed by atoms with Crippen LogP contribution in [0, 0.1) is 0 Å². The molecule has 0 heterocycles. The summed E-state index contributed by atoms with van der Waals surface area (Å²) in [6.07, 6.45) is 4.78. The van der Waals surface area contributed by atoms with Gasteiger partial charge < -0.3 is 0 Å². The third kappa shape index (κ3) is 2.69. The van der Waals surface area contributed by atoms with Crippen LogP contribution in [-0.2, 0) is 10.8 Å². The number of benzene rings is 6. The second-order valence-electron chi connectivity index (χ2n) is 12.5. The lowest BCUT2D eigenvalue weighted by Crippen LogP contribution is -2.41. The molecule has 6 aromatic carbocycles. The lowest BCUT2D eigenvalue weighted by molar-refractivity contribution is 0.641. The van der Waals surface area contributed by atoms with Crippen LogP contribution < -0.4 is 0 Å². The van der Waals surface area contributed by atoms with E-state index in [1.807, 2.05) is 0 Å². The van der Waals surface area contributed by atoms with Gasteiger partial charge in [0.05, 0.1) is 10.8 Å². The normalized spacial score (nSPS) is 23.9. The molecule has 0 aromatic heterocycles. The maximum absolute atomic E-state index is 3.95. The van der Waals surface area contributed by atoms with E-state index in [0.29, 0.717) is 0 Å². The minimum Gasteiger partial charge on any atom is -0.126 e. The first-order valence-corrected chi connectivity index (χ1v) is 15.4. The minimum absolute atomic E-state index is 0.265. The van der Waals surface area contributed by atoms with E-state index < -0.39 is 10.8 Å². The van der Waals surface area contributed by atoms with Crippen molar-refractivity contribution < 1.29 is 0 Å². The van der Waals surface area contributed by atoms with Crippen molar-refractivity contribution in [3.05, 3.63) is 230 Å². The van der Waals surface area contributed by atoms with Gasteiger partial charge in [-0.25, -0.2) is 0 Å². The Morgan fingerprint density at radius 2 is 0.535 bits per heavy atom. The van der Waals surface area contributed by atoms with Gasteiger partial charge in [0.1, 0.15) is 0 Å². The van der Waals surface area contributed by atoms with Gasteiger partial charge in [-0.3, -0.25) is 0 Å². The molecule has 0 fully saturated rings. The van der Waals surface area contributed by atoms with Crippen LogP contribution in [0.4, 0.5) is 0 Å². The van der Waals surface area contributed by atoms with E-state index in [2.05, 4.69) is 163 Å². The predicted molar refractivity (Wildman–Crippen MR) is 173 cm³/mol. The van der Waals surface area contributed by atoms with Crippen molar-refractivity contribution in [2.75, 3.05) is 0 Å². The van der Waals surface area contributed by atoms with Gasteiger partial charge in [0.2, 0.25) is 0 Å². The Labute approximate surface area is 252 Å². The zero-order valence-electron chi connectivity index (χ0n) is 23.7. The molecule has 0 heteroatoms. The maximum Gasteiger partial charge on any atom is 0.0714 e. The van der Waals surface area contributed by atoms with Crippen LogP contribution in [0.3, 0.4) is 0 Å². The molecule has 0 saturated carbocycles. The average Bonchev–Trinajstić information content (AvgIpc) is 3.08. The minimum atomic E-state index is -0.407. The van der Waals surface area contributed by atoms with Crippen molar-refractivity contribution >= 4 is 0 Å². The molecule has 12 rings (SSSR count). The standard InChI is InChI=1S/C43H28/c1-7-20-34-28(14-1)40-29-15-2-8-21-35(29)42(34,36-22-9-3-16-30(36)40)26-13-27-43-37-23-10-4-17-31(37)41(32-18-5-11-24-38(32)43)33-19-6-12-25-39(33)43/h1-12,14-27,40-41H. The van der Waals surface area contributed by atoms with Crippen LogP contribution in [0.2, 0.25) is 0 Å². The first kappa shape index (κ1) is 23.4. The van der Waals surface area contributed by atoms with E-state index in [-0.39, 0.29) is 11.8 Å². The van der Waals surface area contributed by atoms with Gasteiger partial charge in [0.25, 0.3) is 0 Å². The summed E-state index contributed by atoms with van der Waals surface area (Å²) in [4.78, 5) is 0. The molecule has 0 radical (unpaired) electrons. The Hall–Kier alpha value is -5.16. The molecular weight excluding hydrogens is 516 g/mol. The van der Waals surface area contributed by atoms with E-state index in [9.17, 15) is 0 Å². The fourth-order valence-corrected chi connectivity index (χ4v) is 9.28. The highest BCUT2D eigenvalue weighted by Gasteiger charge is 2.52. The van der Waals surface area contributed by atoms with E-state index in [1.165, 1.54) is 66.8 Å². The van der Waals surface area contributed by atoms with Crippen molar-refractivity contribution in [3.8, 4) is 0 Å². The summed E-state index contributed by atoms with van der Waals surface area (Å²) in [5.74, 6) is 0.529. The molecule has 0 unspecified atom stereocenters. The highest BCUT2D eigenvalue weighted by Crippen LogP contribution is 2.61. The van der Waals surface area contributed by atoms with Crippen LogP contribution in [0.15, 0.2) is 163 Å². The third-order valence-electron chi connectivity index (χ3n) is 10.8. The second-order valence-corrected chi connectivity index (χ2v) is 12.5. The van der Waals surface area contributed by atoms with Gasteiger partial charge in [-0.05, 0) is 78.9 Å². The highest BCUT2D eigenvalue weighted by molar-refractivity contribution is 5.76. The molecule has 0 atom stereocenters. The molecule has 0 saturated heterocycles. The second kappa shape index (κ2) is 8.23. The Balaban J connectivity index is 1.31. The molecule has 0 amide bonds. The molecule has 0 nitrogen and oxygen atoms in total. The summed E-state index contributed by atoms with van der Waals surface area (Å²) in [5, 5.41) is 0. The molecule has 4 bridgehead atoms. The Bertz CT molecular complexity index is 1820. The fourth-order valence-electron chi connectivity index (χ4n) is 9.28. The molecule has 6 aliphatic rings. The quantitative estimate of drug-likeness (QED) is 0.191. The molecule has 200 valence electrons. The summed E-state index contributed by atoms with van der Waals surface area (Å²) in [5.41, 5.74) is 19.9. The fraction of sp³-hybridized carbons (Fsp3) is 0.0930. The zero-order valence-corrected chi connectivity index (χ0v) is 23.7. The molecular formula is C43H28. The van der Waals surface area contributed by atoms with Crippen molar-refractivity contribution in [1.82, 2.24) is 0 Å². The van der Waals surface area contributed by atoms with Gasteiger partial charge in [0, 0.05) is 11.8 Å². The maximum atomic E-state index is 3.95. The van der Waals surface area contributed by atoms with E-state index in [4.69, 9.17) is 0 Å². The summed E-state index contributed by atoms with van der Waals surface area (Å²) >= 11 is 0. The summed E-state index contributed by atoms with van der Waals surface area (Å²) in [6, 6.07) is 54.5. The molecule has 0 aliphatic heterocycles. The highest BCUT2D eigenvalue weighted by atomic mass is 14.5. The molecule has 43 heavy (non-hydrogen) atoms. The van der Waals surface area contributed by atoms with E-state index in [1.54, 1.807) is 0 Å². The first-order chi connectivity index (χ1) is 21.3. The van der Waals surface area contributed by atoms with Crippen LogP contribution in [-0.4, -0.2) is 0 Å². The van der Waals surface area contributed by atoms with Gasteiger partial charge in [-0.1, -0.05) is 146 Å². The Kier molecular flexibility index (Phi) is 4.48. The molecule has 0 N–H and O–H groups in total. The van der Waals surface area contributed by atoms with Gasteiger partial charge in [-0.15, -0.1) is 5.73 Å². The lowest BCUT2D eigenvalue weighted by atomic mass is 9.52. The van der Waals surface area contributed by atoms with Crippen molar-refractivity contribution in [2.45, 2.75) is 22.7 Å². The number of hydrogen-bond acceptors (Lipinski definition) is 0. The summed E-state index contributed by atoms with van der Waals surface area (Å²) < 4.78 is 0. The number of rotatable bonds is 2. The monoisotopic (exact) mass is 544 g/mol. The van der Waals surface area contributed by atoms with Crippen molar-refractivity contribution in [1.29, 1.82) is 0 Å².